The lowest BCUT2D eigenvalue weighted by atomic mass is 10.1. The predicted molar refractivity (Wildman–Crippen MR) is 84.7 cm³/mol. The number of aromatic nitrogens is 1. The molecule has 0 aliphatic carbocycles. The third kappa shape index (κ3) is 3.35. The van der Waals surface area contributed by atoms with E-state index in [4.69, 9.17) is 4.42 Å². The summed E-state index contributed by atoms with van der Waals surface area (Å²) in [5.74, 6) is 0.300. The molecule has 0 atom stereocenters. The lowest BCUT2D eigenvalue weighted by molar-refractivity contribution is 0.513. The van der Waals surface area contributed by atoms with Crippen molar-refractivity contribution in [2.75, 3.05) is 0 Å². The van der Waals surface area contributed by atoms with E-state index in [1.165, 1.54) is 0 Å². The van der Waals surface area contributed by atoms with Gasteiger partial charge in [0.1, 0.15) is 5.52 Å². The average molecular weight is 316 g/mol. The van der Waals surface area contributed by atoms with E-state index in [9.17, 15) is 8.42 Å². The normalized spacial score (nSPS) is 11.9. The molecule has 0 unspecified atom stereocenters. The SMILES string of the molecule is Cc1ccccc1CS(=O)(=O)NCc1nc2ccccc2o1. The van der Waals surface area contributed by atoms with Crippen molar-refractivity contribution in [3.63, 3.8) is 0 Å². The van der Waals surface area contributed by atoms with Gasteiger partial charge in [-0.2, -0.15) is 0 Å². The van der Waals surface area contributed by atoms with Crippen molar-refractivity contribution in [1.82, 2.24) is 9.71 Å². The highest BCUT2D eigenvalue weighted by Gasteiger charge is 2.14. The molecule has 3 rings (SSSR count). The first-order chi connectivity index (χ1) is 10.5. The minimum atomic E-state index is -3.44. The smallest absolute Gasteiger partial charge is 0.216 e. The zero-order chi connectivity index (χ0) is 15.6. The van der Waals surface area contributed by atoms with Crippen LogP contribution in [0, 0.1) is 6.92 Å². The van der Waals surface area contributed by atoms with Crippen LogP contribution in [0.15, 0.2) is 52.9 Å². The van der Waals surface area contributed by atoms with Gasteiger partial charge in [0.25, 0.3) is 0 Å². The van der Waals surface area contributed by atoms with Crippen molar-refractivity contribution in [3.05, 3.63) is 65.5 Å². The molecule has 0 aliphatic heterocycles. The Bertz CT molecular complexity index is 867. The lowest BCUT2D eigenvalue weighted by Gasteiger charge is -2.07. The molecular weight excluding hydrogens is 300 g/mol. The molecule has 1 N–H and O–H groups in total. The maximum absolute atomic E-state index is 12.2. The highest BCUT2D eigenvalue weighted by molar-refractivity contribution is 7.88. The first-order valence-corrected chi connectivity index (χ1v) is 8.55. The van der Waals surface area contributed by atoms with E-state index in [0.717, 1.165) is 16.6 Å². The van der Waals surface area contributed by atoms with Crippen LogP contribution >= 0.6 is 0 Å². The fourth-order valence-corrected chi connectivity index (χ4v) is 3.37. The summed E-state index contributed by atoms with van der Waals surface area (Å²) in [5, 5.41) is 0. The van der Waals surface area contributed by atoms with Gasteiger partial charge in [-0.3, -0.25) is 0 Å². The number of rotatable bonds is 5. The lowest BCUT2D eigenvalue weighted by Crippen LogP contribution is -2.25. The molecule has 6 heteroatoms. The standard InChI is InChI=1S/C16H16N2O3S/c1-12-6-2-3-7-13(12)11-22(19,20)17-10-16-18-14-8-4-5-9-15(14)21-16/h2-9,17H,10-11H2,1H3. The molecule has 22 heavy (non-hydrogen) atoms. The minimum Gasteiger partial charge on any atom is -0.439 e. The number of nitrogens with zero attached hydrogens (tertiary/aromatic N) is 1. The molecule has 114 valence electrons. The first kappa shape index (κ1) is 14.7. The monoisotopic (exact) mass is 316 g/mol. The second-order valence-corrected chi connectivity index (χ2v) is 6.89. The summed E-state index contributed by atoms with van der Waals surface area (Å²) in [6.07, 6.45) is 0. The Hall–Kier alpha value is -2.18. The molecule has 1 aromatic heterocycles. The second-order valence-electron chi connectivity index (χ2n) is 5.08. The van der Waals surface area contributed by atoms with Crippen LogP contribution in [0.25, 0.3) is 11.1 Å². The van der Waals surface area contributed by atoms with Gasteiger partial charge in [0, 0.05) is 0 Å². The van der Waals surface area contributed by atoms with Gasteiger partial charge in [-0.25, -0.2) is 18.1 Å². The van der Waals surface area contributed by atoms with Crippen molar-refractivity contribution in [1.29, 1.82) is 0 Å². The molecular formula is C16H16N2O3S. The van der Waals surface area contributed by atoms with Crippen molar-refractivity contribution in [2.45, 2.75) is 19.2 Å². The van der Waals surface area contributed by atoms with Crippen LogP contribution in [0.2, 0.25) is 0 Å². The highest BCUT2D eigenvalue weighted by Crippen LogP contribution is 2.15. The zero-order valence-electron chi connectivity index (χ0n) is 12.1. The number of nitrogens with one attached hydrogen (secondary N) is 1. The molecule has 1 heterocycles. The largest absolute Gasteiger partial charge is 0.439 e. The molecule has 0 amide bonds. The van der Waals surface area contributed by atoms with Crippen LogP contribution < -0.4 is 4.72 Å². The summed E-state index contributed by atoms with van der Waals surface area (Å²) in [5.41, 5.74) is 3.11. The Kier molecular flexibility index (Phi) is 3.96. The van der Waals surface area contributed by atoms with Crippen LogP contribution in [0.5, 0.6) is 0 Å². The van der Waals surface area contributed by atoms with Gasteiger partial charge in [-0.05, 0) is 30.2 Å². The molecule has 0 bridgehead atoms. The van der Waals surface area contributed by atoms with Gasteiger partial charge >= 0.3 is 0 Å². The van der Waals surface area contributed by atoms with E-state index < -0.39 is 10.0 Å². The molecule has 0 spiro atoms. The van der Waals surface area contributed by atoms with E-state index in [2.05, 4.69) is 9.71 Å². The van der Waals surface area contributed by atoms with Crippen LogP contribution in [-0.2, 0) is 22.3 Å². The van der Waals surface area contributed by atoms with Crippen molar-refractivity contribution in [2.24, 2.45) is 0 Å². The summed E-state index contributed by atoms with van der Waals surface area (Å²) in [6, 6.07) is 14.8. The van der Waals surface area contributed by atoms with Crippen molar-refractivity contribution < 1.29 is 12.8 Å². The maximum Gasteiger partial charge on any atom is 0.216 e. The zero-order valence-corrected chi connectivity index (χ0v) is 12.9. The molecule has 0 saturated carbocycles. The Labute approximate surface area is 129 Å². The summed E-state index contributed by atoms with van der Waals surface area (Å²) in [7, 11) is -3.44. The van der Waals surface area contributed by atoms with E-state index in [1.807, 2.05) is 49.4 Å². The molecule has 0 radical (unpaired) electrons. The second kappa shape index (κ2) is 5.90. The average Bonchev–Trinajstić information content (AvgIpc) is 2.91. The van der Waals surface area contributed by atoms with Gasteiger partial charge in [0.2, 0.25) is 15.9 Å². The van der Waals surface area contributed by atoms with Crippen LogP contribution in [-0.4, -0.2) is 13.4 Å². The van der Waals surface area contributed by atoms with Gasteiger partial charge in [-0.1, -0.05) is 36.4 Å². The van der Waals surface area contributed by atoms with Crippen molar-refractivity contribution in [3.8, 4) is 0 Å². The number of fused-ring (bicyclic) bond motifs is 1. The number of hydrogen-bond donors (Lipinski definition) is 1. The maximum atomic E-state index is 12.2. The quantitative estimate of drug-likeness (QED) is 0.785. The Morgan fingerprint density at radius 2 is 1.82 bits per heavy atom. The summed E-state index contributed by atoms with van der Waals surface area (Å²) >= 11 is 0. The summed E-state index contributed by atoms with van der Waals surface area (Å²) < 4.78 is 32.3. The summed E-state index contributed by atoms with van der Waals surface area (Å²) in [6.45, 7) is 1.94. The topological polar surface area (TPSA) is 72.2 Å². The molecule has 0 saturated heterocycles. The van der Waals surface area contributed by atoms with E-state index in [1.54, 1.807) is 6.07 Å². The molecule has 5 nitrogen and oxygen atoms in total. The number of para-hydroxylation sites is 2. The highest BCUT2D eigenvalue weighted by atomic mass is 32.2. The number of sulfonamides is 1. The van der Waals surface area contributed by atoms with Gasteiger partial charge in [0.15, 0.2) is 5.58 Å². The Balaban J connectivity index is 1.71. The molecule has 0 aliphatic rings. The Morgan fingerprint density at radius 1 is 1.09 bits per heavy atom. The molecule has 0 fully saturated rings. The van der Waals surface area contributed by atoms with E-state index in [-0.39, 0.29) is 12.3 Å². The predicted octanol–water partition coefficient (Wildman–Crippen LogP) is 2.76. The van der Waals surface area contributed by atoms with Gasteiger partial charge in [-0.15, -0.1) is 0 Å². The number of benzene rings is 2. The first-order valence-electron chi connectivity index (χ1n) is 6.90. The van der Waals surface area contributed by atoms with Crippen LogP contribution in [0.1, 0.15) is 17.0 Å². The summed E-state index contributed by atoms with van der Waals surface area (Å²) in [4.78, 5) is 4.25. The number of oxazole rings is 1. The Morgan fingerprint density at radius 3 is 2.59 bits per heavy atom. The van der Waals surface area contributed by atoms with Gasteiger partial charge < -0.3 is 4.42 Å². The molecule has 2 aromatic carbocycles. The van der Waals surface area contributed by atoms with E-state index in [0.29, 0.717) is 11.5 Å². The third-order valence-corrected chi connectivity index (χ3v) is 4.66. The fraction of sp³-hybridized carbons (Fsp3) is 0.188. The number of hydrogen-bond acceptors (Lipinski definition) is 4. The van der Waals surface area contributed by atoms with Crippen molar-refractivity contribution >= 4 is 21.1 Å². The number of aryl methyl sites for hydroxylation is 1. The van der Waals surface area contributed by atoms with Crippen LogP contribution in [0.3, 0.4) is 0 Å². The van der Waals surface area contributed by atoms with Crippen LogP contribution in [0.4, 0.5) is 0 Å². The minimum absolute atomic E-state index is 0.0445. The fourth-order valence-electron chi connectivity index (χ4n) is 2.20. The third-order valence-electron chi connectivity index (χ3n) is 3.39. The molecule has 3 aromatic rings. The van der Waals surface area contributed by atoms with E-state index >= 15 is 0 Å². The van der Waals surface area contributed by atoms with Gasteiger partial charge in [0.05, 0.1) is 12.3 Å².